The normalized spacial score (nSPS) is 15.5. The zero-order valence-corrected chi connectivity index (χ0v) is 18.1. The highest BCUT2D eigenvalue weighted by Gasteiger charge is 2.38. The fraction of sp³-hybridized carbons (Fsp3) is 0.350. The summed E-state index contributed by atoms with van der Waals surface area (Å²) in [5.41, 5.74) is 7.24. The van der Waals surface area contributed by atoms with Crippen molar-refractivity contribution in [2.24, 2.45) is 5.73 Å². The van der Waals surface area contributed by atoms with Crippen molar-refractivity contribution >= 4 is 46.8 Å². The van der Waals surface area contributed by atoms with E-state index in [4.69, 9.17) is 22.1 Å². The Morgan fingerprint density at radius 3 is 2.80 bits per heavy atom. The number of carbonyl (C=O) groups excluding carboxylic acids is 1. The number of fused-ring (bicyclic) bond motifs is 1. The number of hydrogen-bond donors (Lipinski definition) is 3. The van der Waals surface area contributed by atoms with Crippen LogP contribution in [0.2, 0.25) is 5.02 Å². The summed E-state index contributed by atoms with van der Waals surface area (Å²) in [6, 6.07) is 7.39. The van der Waals surface area contributed by atoms with Gasteiger partial charge in [-0.1, -0.05) is 17.7 Å². The van der Waals surface area contributed by atoms with Gasteiger partial charge in [-0.25, -0.2) is 9.97 Å². The van der Waals surface area contributed by atoms with Crippen molar-refractivity contribution in [2.75, 3.05) is 25.1 Å². The summed E-state index contributed by atoms with van der Waals surface area (Å²) in [6.07, 6.45) is 4.47. The number of piperidine rings is 1. The van der Waals surface area contributed by atoms with Crippen LogP contribution in [-0.4, -0.2) is 46.6 Å². The lowest BCUT2D eigenvalue weighted by molar-refractivity contribution is -0.127. The second-order valence-electron chi connectivity index (χ2n) is 7.23. The molecule has 0 spiro atoms. The monoisotopic (exact) mass is 450 g/mol. The van der Waals surface area contributed by atoms with E-state index in [0.717, 1.165) is 22.4 Å². The predicted octanol–water partition coefficient (Wildman–Crippen LogP) is 2.66. The average molecular weight is 451 g/mol. The fourth-order valence-corrected chi connectivity index (χ4v) is 3.91. The van der Waals surface area contributed by atoms with E-state index in [2.05, 4.69) is 25.2 Å². The van der Waals surface area contributed by atoms with Gasteiger partial charge >= 0.3 is 0 Å². The first-order valence-corrected chi connectivity index (χ1v) is 9.80. The molecule has 30 heavy (non-hydrogen) atoms. The van der Waals surface area contributed by atoms with Crippen LogP contribution in [0.4, 0.5) is 5.82 Å². The van der Waals surface area contributed by atoms with E-state index >= 15 is 0 Å². The summed E-state index contributed by atoms with van der Waals surface area (Å²) in [5.74, 6) is 1.32. The number of amides is 1. The van der Waals surface area contributed by atoms with Gasteiger partial charge in [0.15, 0.2) is 0 Å². The zero-order chi connectivity index (χ0) is 20.4. The lowest BCUT2D eigenvalue weighted by Crippen LogP contribution is -2.59. The molecule has 1 saturated heterocycles. The molecule has 10 heteroatoms. The van der Waals surface area contributed by atoms with Crippen molar-refractivity contribution in [3.63, 3.8) is 0 Å². The van der Waals surface area contributed by atoms with Gasteiger partial charge in [-0.15, -0.1) is 12.4 Å². The third-order valence-corrected chi connectivity index (χ3v) is 5.70. The molecule has 4 N–H and O–H groups in total. The Bertz CT molecular complexity index is 1030. The Hall–Kier alpha value is -2.55. The highest BCUT2D eigenvalue weighted by Crippen LogP contribution is 2.28. The summed E-state index contributed by atoms with van der Waals surface area (Å²) in [6.45, 7) is 1.66. The van der Waals surface area contributed by atoms with Crippen LogP contribution in [0.5, 0.6) is 5.75 Å². The second-order valence-corrected chi connectivity index (χ2v) is 7.64. The van der Waals surface area contributed by atoms with Gasteiger partial charge in [-0.3, -0.25) is 4.79 Å². The van der Waals surface area contributed by atoms with E-state index in [1.165, 1.54) is 0 Å². The van der Waals surface area contributed by atoms with Crippen LogP contribution in [0.1, 0.15) is 18.4 Å². The molecule has 160 valence electrons. The quantitative estimate of drug-likeness (QED) is 0.551. The van der Waals surface area contributed by atoms with Crippen molar-refractivity contribution in [1.82, 2.24) is 20.3 Å². The maximum absolute atomic E-state index is 12.8. The fourth-order valence-electron chi connectivity index (χ4n) is 3.63. The van der Waals surface area contributed by atoms with Crippen molar-refractivity contribution in [3.8, 4) is 5.75 Å². The molecule has 0 saturated carbocycles. The van der Waals surface area contributed by atoms with Crippen molar-refractivity contribution in [1.29, 1.82) is 0 Å². The molecular weight excluding hydrogens is 427 g/mol. The van der Waals surface area contributed by atoms with E-state index in [0.29, 0.717) is 43.2 Å². The summed E-state index contributed by atoms with van der Waals surface area (Å²) >= 11 is 6.15. The lowest BCUT2D eigenvalue weighted by atomic mass is 9.87. The van der Waals surface area contributed by atoms with E-state index < -0.39 is 5.54 Å². The molecule has 2 aromatic heterocycles. The molecule has 1 aromatic carbocycles. The van der Waals surface area contributed by atoms with E-state index in [-0.39, 0.29) is 18.3 Å². The number of aromatic nitrogens is 3. The number of nitrogens with zero attached hydrogens (tertiary/aromatic N) is 3. The van der Waals surface area contributed by atoms with Gasteiger partial charge in [0, 0.05) is 25.8 Å². The number of benzene rings is 1. The lowest BCUT2D eigenvalue weighted by Gasteiger charge is -2.38. The Morgan fingerprint density at radius 1 is 1.33 bits per heavy atom. The summed E-state index contributed by atoms with van der Waals surface area (Å²) in [4.78, 5) is 26.7. The first-order chi connectivity index (χ1) is 14.0. The zero-order valence-electron chi connectivity index (χ0n) is 16.5. The van der Waals surface area contributed by atoms with Crippen LogP contribution in [0.25, 0.3) is 11.0 Å². The molecule has 8 nitrogen and oxygen atoms in total. The smallest absolute Gasteiger partial charge is 0.240 e. The molecule has 1 fully saturated rings. The number of H-pyrrole nitrogens is 1. The van der Waals surface area contributed by atoms with Crippen LogP contribution in [0, 0.1) is 0 Å². The predicted molar refractivity (Wildman–Crippen MR) is 119 cm³/mol. The second kappa shape index (κ2) is 9.07. The van der Waals surface area contributed by atoms with Crippen LogP contribution in [-0.2, 0) is 11.3 Å². The molecule has 1 amide bonds. The largest absolute Gasteiger partial charge is 0.495 e. The molecule has 1 aliphatic heterocycles. The number of hydrogen-bond acceptors (Lipinski definition) is 6. The van der Waals surface area contributed by atoms with Gasteiger partial charge in [0.05, 0.1) is 23.1 Å². The third-order valence-electron chi connectivity index (χ3n) is 5.41. The van der Waals surface area contributed by atoms with Crippen LogP contribution < -0.4 is 20.7 Å². The van der Waals surface area contributed by atoms with Gasteiger partial charge in [-0.2, -0.15) is 0 Å². The van der Waals surface area contributed by atoms with Crippen LogP contribution >= 0.6 is 24.0 Å². The van der Waals surface area contributed by atoms with Crippen molar-refractivity contribution in [3.05, 3.63) is 47.4 Å². The maximum Gasteiger partial charge on any atom is 0.240 e. The maximum atomic E-state index is 12.8. The third kappa shape index (κ3) is 4.30. The van der Waals surface area contributed by atoms with E-state index in [1.54, 1.807) is 25.6 Å². The molecule has 0 bridgehead atoms. The topological polar surface area (TPSA) is 109 Å². The molecule has 3 heterocycles. The number of nitrogens with two attached hydrogens (primary N) is 1. The minimum atomic E-state index is -0.906. The van der Waals surface area contributed by atoms with Gasteiger partial charge in [0.25, 0.3) is 0 Å². The number of anilines is 1. The highest BCUT2D eigenvalue weighted by atomic mass is 35.5. The molecule has 3 aromatic rings. The van der Waals surface area contributed by atoms with E-state index in [1.807, 2.05) is 18.3 Å². The number of nitrogens with one attached hydrogen (secondary N) is 2. The molecular formula is C20H24Cl2N6O2. The number of carbonyl (C=O) groups is 1. The van der Waals surface area contributed by atoms with E-state index in [9.17, 15) is 4.79 Å². The van der Waals surface area contributed by atoms with Crippen LogP contribution in [0.3, 0.4) is 0 Å². The summed E-state index contributed by atoms with van der Waals surface area (Å²) in [7, 11) is 1.57. The molecule has 0 unspecified atom stereocenters. The molecule has 4 rings (SSSR count). The Kier molecular flexibility index (Phi) is 6.70. The van der Waals surface area contributed by atoms with Gasteiger partial charge in [0.2, 0.25) is 5.91 Å². The Labute approximate surface area is 185 Å². The minimum absolute atomic E-state index is 0. The van der Waals surface area contributed by atoms with Crippen molar-refractivity contribution < 1.29 is 9.53 Å². The standard InChI is InChI=1S/C20H23ClN6O2.ClH/c1-29-16-3-2-13(10-15(16)21)11-24-19(28)20(22)5-8-27(9-6-20)18-14-4-7-23-17(14)25-12-26-18;/h2-4,7,10,12H,5-6,8-9,11,22H2,1H3,(H,24,28)(H,23,25,26);1H. The summed E-state index contributed by atoms with van der Waals surface area (Å²) in [5, 5.41) is 4.42. The number of methoxy groups -OCH3 is 1. The van der Waals surface area contributed by atoms with Gasteiger partial charge < -0.3 is 25.7 Å². The van der Waals surface area contributed by atoms with Crippen LogP contribution in [0.15, 0.2) is 36.8 Å². The number of rotatable bonds is 5. The molecule has 0 radical (unpaired) electrons. The molecule has 0 atom stereocenters. The number of halogens is 2. The van der Waals surface area contributed by atoms with Gasteiger partial charge in [0.1, 0.15) is 23.5 Å². The Balaban J connectivity index is 0.00000256. The highest BCUT2D eigenvalue weighted by molar-refractivity contribution is 6.32. The average Bonchev–Trinajstić information content (AvgIpc) is 3.22. The molecule has 0 aliphatic carbocycles. The first-order valence-electron chi connectivity index (χ1n) is 9.43. The van der Waals surface area contributed by atoms with Crippen molar-refractivity contribution in [2.45, 2.75) is 24.9 Å². The SMILES string of the molecule is COc1ccc(CNC(=O)C2(N)CCN(c3ncnc4[nH]ccc34)CC2)cc1Cl.Cl. The molecule has 1 aliphatic rings. The van der Waals surface area contributed by atoms with Gasteiger partial charge in [-0.05, 0) is 36.6 Å². The number of ether oxygens (including phenoxy) is 1. The minimum Gasteiger partial charge on any atom is -0.495 e. The first kappa shape index (κ1) is 22.1. The number of aromatic amines is 1. The Morgan fingerprint density at radius 2 is 2.10 bits per heavy atom. The summed E-state index contributed by atoms with van der Waals surface area (Å²) < 4.78 is 5.15.